The van der Waals surface area contributed by atoms with Crippen molar-refractivity contribution in [1.29, 1.82) is 0 Å². The Hall–Kier alpha value is -0.780. The van der Waals surface area contributed by atoms with Crippen LogP contribution in [0.25, 0.3) is 0 Å². The van der Waals surface area contributed by atoms with Crippen LogP contribution in [0.4, 0.5) is 4.79 Å². The van der Waals surface area contributed by atoms with E-state index in [2.05, 4.69) is 5.32 Å². The van der Waals surface area contributed by atoms with Gasteiger partial charge in [0.25, 0.3) is 0 Å². The molecule has 1 saturated heterocycles. The first-order valence-electron chi connectivity index (χ1n) is 6.69. The molecular weight excluding hydrogens is 252 g/mol. The molecule has 1 saturated carbocycles. The molecule has 0 aromatic heterocycles. The minimum atomic E-state index is -2.93. The van der Waals surface area contributed by atoms with Crippen LogP contribution in [0, 0.1) is 5.92 Å². The Kier molecular flexibility index (Phi) is 4.14. The predicted octanol–water partition coefficient (Wildman–Crippen LogP) is 1.01. The summed E-state index contributed by atoms with van der Waals surface area (Å²) in [5.74, 6) is 0.924. The Morgan fingerprint density at radius 1 is 1.28 bits per heavy atom. The molecule has 1 N–H and O–H groups in total. The van der Waals surface area contributed by atoms with Crippen LogP contribution < -0.4 is 5.32 Å². The monoisotopic (exact) mass is 274 g/mol. The molecular formula is C12H22N2O3S. The van der Waals surface area contributed by atoms with Crippen molar-refractivity contribution in [2.45, 2.75) is 38.1 Å². The number of urea groups is 1. The summed E-state index contributed by atoms with van der Waals surface area (Å²) < 4.78 is 22.8. The summed E-state index contributed by atoms with van der Waals surface area (Å²) in [5, 5.41) is 2.92. The number of nitrogens with zero attached hydrogens (tertiary/aromatic N) is 1. The molecule has 0 spiro atoms. The van der Waals surface area contributed by atoms with Crippen LogP contribution in [0.5, 0.6) is 0 Å². The number of carbonyl (C=O) groups is 1. The number of hydrogen-bond donors (Lipinski definition) is 1. The average Bonchev–Trinajstić information content (AvgIpc) is 2.94. The molecule has 1 heterocycles. The minimum Gasteiger partial charge on any atom is -0.338 e. The second-order valence-electron chi connectivity index (χ2n) is 5.50. The van der Waals surface area contributed by atoms with E-state index in [0.29, 0.717) is 12.3 Å². The Bertz CT molecular complexity index is 402. The predicted molar refractivity (Wildman–Crippen MR) is 70.2 cm³/mol. The standard InChI is InChI=1S/C12H22N2O3S/c1-14(11-6-7-18(16,17)9-11)12(15)13-8-10-4-2-3-5-10/h10-11H,2-9H2,1H3,(H,13,15). The maximum absolute atomic E-state index is 11.9. The molecule has 18 heavy (non-hydrogen) atoms. The van der Waals surface area contributed by atoms with Gasteiger partial charge in [0.2, 0.25) is 0 Å². The lowest BCUT2D eigenvalue weighted by atomic mass is 10.1. The summed E-state index contributed by atoms with van der Waals surface area (Å²) in [4.78, 5) is 13.5. The Labute approximate surface area is 109 Å². The van der Waals surface area contributed by atoms with E-state index in [0.717, 1.165) is 6.54 Å². The van der Waals surface area contributed by atoms with E-state index in [-0.39, 0.29) is 23.6 Å². The highest BCUT2D eigenvalue weighted by Crippen LogP contribution is 2.24. The van der Waals surface area contributed by atoms with Crippen molar-refractivity contribution in [2.24, 2.45) is 5.92 Å². The van der Waals surface area contributed by atoms with Crippen molar-refractivity contribution in [2.75, 3.05) is 25.1 Å². The van der Waals surface area contributed by atoms with Gasteiger partial charge in [0.1, 0.15) is 0 Å². The van der Waals surface area contributed by atoms with Crippen LogP contribution in [0.2, 0.25) is 0 Å². The molecule has 0 bridgehead atoms. The van der Waals surface area contributed by atoms with Crippen molar-refractivity contribution < 1.29 is 13.2 Å². The van der Waals surface area contributed by atoms with Crippen LogP contribution >= 0.6 is 0 Å². The first-order valence-corrected chi connectivity index (χ1v) is 8.51. The van der Waals surface area contributed by atoms with Gasteiger partial charge in [-0.25, -0.2) is 13.2 Å². The third-order valence-corrected chi connectivity index (χ3v) is 5.84. The molecule has 1 aliphatic heterocycles. The molecule has 2 aliphatic rings. The molecule has 5 nitrogen and oxygen atoms in total. The van der Waals surface area contributed by atoms with Gasteiger partial charge in [-0.1, -0.05) is 12.8 Å². The SMILES string of the molecule is CN(C(=O)NCC1CCCC1)C1CCS(=O)(=O)C1. The molecule has 6 heteroatoms. The van der Waals surface area contributed by atoms with E-state index in [1.807, 2.05) is 0 Å². The first kappa shape index (κ1) is 13.6. The number of hydrogen-bond acceptors (Lipinski definition) is 3. The lowest BCUT2D eigenvalue weighted by Gasteiger charge is -2.24. The van der Waals surface area contributed by atoms with Gasteiger partial charge in [0.15, 0.2) is 9.84 Å². The van der Waals surface area contributed by atoms with Crippen molar-refractivity contribution in [1.82, 2.24) is 10.2 Å². The van der Waals surface area contributed by atoms with Gasteiger partial charge in [0, 0.05) is 19.6 Å². The average molecular weight is 274 g/mol. The maximum Gasteiger partial charge on any atom is 0.317 e. The molecule has 1 atom stereocenters. The summed E-state index contributed by atoms with van der Waals surface area (Å²) in [6.07, 6.45) is 5.48. The third-order valence-electron chi connectivity index (χ3n) is 4.09. The lowest BCUT2D eigenvalue weighted by molar-refractivity contribution is 0.193. The van der Waals surface area contributed by atoms with E-state index in [1.54, 1.807) is 11.9 Å². The molecule has 0 aromatic carbocycles. The normalized spacial score (nSPS) is 27.3. The van der Waals surface area contributed by atoms with Crippen LogP contribution in [0.3, 0.4) is 0 Å². The molecule has 1 aliphatic carbocycles. The maximum atomic E-state index is 11.9. The van der Waals surface area contributed by atoms with Crippen LogP contribution in [-0.2, 0) is 9.84 Å². The van der Waals surface area contributed by atoms with E-state index < -0.39 is 9.84 Å². The fourth-order valence-corrected chi connectivity index (χ4v) is 4.59. The summed E-state index contributed by atoms with van der Waals surface area (Å²) in [6.45, 7) is 0.725. The lowest BCUT2D eigenvalue weighted by Crippen LogP contribution is -2.45. The minimum absolute atomic E-state index is 0.111. The quantitative estimate of drug-likeness (QED) is 0.835. The van der Waals surface area contributed by atoms with Crippen LogP contribution in [-0.4, -0.2) is 50.5 Å². The number of sulfone groups is 1. The number of nitrogens with one attached hydrogen (secondary N) is 1. The van der Waals surface area contributed by atoms with Gasteiger partial charge in [-0.2, -0.15) is 0 Å². The Morgan fingerprint density at radius 2 is 1.94 bits per heavy atom. The van der Waals surface area contributed by atoms with E-state index in [4.69, 9.17) is 0 Å². The van der Waals surface area contributed by atoms with Gasteiger partial charge in [-0.3, -0.25) is 0 Å². The highest BCUT2D eigenvalue weighted by Gasteiger charge is 2.32. The van der Waals surface area contributed by atoms with Crippen molar-refractivity contribution in [3.8, 4) is 0 Å². The molecule has 2 rings (SSSR count). The third kappa shape index (κ3) is 3.37. The number of amides is 2. The number of rotatable bonds is 3. The summed E-state index contributed by atoms with van der Waals surface area (Å²) in [6, 6.07) is -0.289. The zero-order valence-electron chi connectivity index (χ0n) is 10.9. The Balaban J connectivity index is 1.78. The summed E-state index contributed by atoms with van der Waals surface area (Å²) in [7, 11) is -1.24. The largest absolute Gasteiger partial charge is 0.338 e. The molecule has 0 aromatic rings. The van der Waals surface area contributed by atoms with E-state index in [1.165, 1.54) is 25.7 Å². The topological polar surface area (TPSA) is 66.5 Å². The van der Waals surface area contributed by atoms with E-state index in [9.17, 15) is 13.2 Å². The number of carbonyl (C=O) groups excluding carboxylic acids is 1. The molecule has 1 unspecified atom stereocenters. The van der Waals surface area contributed by atoms with Crippen molar-refractivity contribution in [3.63, 3.8) is 0 Å². The first-order chi connectivity index (χ1) is 8.48. The molecule has 2 fully saturated rings. The van der Waals surface area contributed by atoms with Gasteiger partial charge in [-0.15, -0.1) is 0 Å². The van der Waals surface area contributed by atoms with Crippen molar-refractivity contribution in [3.05, 3.63) is 0 Å². The van der Waals surface area contributed by atoms with E-state index >= 15 is 0 Å². The van der Waals surface area contributed by atoms with Gasteiger partial charge < -0.3 is 10.2 Å². The molecule has 104 valence electrons. The second-order valence-corrected chi connectivity index (χ2v) is 7.73. The highest BCUT2D eigenvalue weighted by atomic mass is 32.2. The summed E-state index contributed by atoms with van der Waals surface area (Å²) >= 11 is 0. The van der Waals surface area contributed by atoms with Gasteiger partial charge >= 0.3 is 6.03 Å². The van der Waals surface area contributed by atoms with Gasteiger partial charge in [0.05, 0.1) is 11.5 Å². The fraction of sp³-hybridized carbons (Fsp3) is 0.917. The highest BCUT2D eigenvalue weighted by molar-refractivity contribution is 7.91. The molecule has 2 amide bonds. The summed E-state index contributed by atoms with van der Waals surface area (Å²) in [5.41, 5.74) is 0. The molecule has 0 radical (unpaired) electrons. The van der Waals surface area contributed by atoms with Crippen molar-refractivity contribution >= 4 is 15.9 Å². The van der Waals surface area contributed by atoms with Crippen LogP contribution in [0.1, 0.15) is 32.1 Å². The fourth-order valence-electron chi connectivity index (χ4n) is 2.82. The second kappa shape index (κ2) is 5.47. The zero-order valence-corrected chi connectivity index (χ0v) is 11.7. The zero-order chi connectivity index (χ0) is 13.2. The Morgan fingerprint density at radius 3 is 2.50 bits per heavy atom. The van der Waals surface area contributed by atoms with Gasteiger partial charge in [-0.05, 0) is 25.2 Å². The smallest absolute Gasteiger partial charge is 0.317 e. The van der Waals surface area contributed by atoms with Crippen LogP contribution in [0.15, 0.2) is 0 Å².